The first-order chi connectivity index (χ1) is 13.2. The smallest absolute Gasteiger partial charge is 0.188 e. The van der Waals surface area contributed by atoms with Gasteiger partial charge in [0.1, 0.15) is 0 Å². The lowest BCUT2D eigenvalue weighted by Crippen LogP contribution is -2.12. The van der Waals surface area contributed by atoms with E-state index in [1.54, 1.807) is 17.5 Å². The Bertz CT molecular complexity index is 691. The Kier molecular flexibility index (Phi) is 17.0. The van der Waals surface area contributed by atoms with Crippen molar-refractivity contribution in [1.82, 2.24) is 10.3 Å². The monoisotopic (exact) mass is 387 g/mol. The highest BCUT2D eigenvalue weighted by Gasteiger charge is 2.09. The van der Waals surface area contributed by atoms with Crippen LogP contribution in [-0.4, -0.2) is 4.98 Å². The van der Waals surface area contributed by atoms with E-state index < -0.39 is 0 Å². The summed E-state index contributed by atoms with van der Waals surface area (Å²) in [5.41, 5.74) is 3.76. The molecule has 4 heteroatoms. The molecule has 0 aliphatic rings. The van der Waals surface area contributed by atoms with Crippen LogP contribution in [0.3, 0.4) is 0 Å². The molecule has 1 heterocycles. The van der Waals surface area contributed by atoms with E-state index in [0.29, 0.717) is 0 Å². The lowest BCUT2D eigenvalue weighted by atomic mass is 10.1. The van der Waals surface area contributed by atoms with Crippen molar-refractivity contribution >= 4 is 26.7 Å². The van der Waals surface area contributed by atoms with Crippen molar-refractivity contribution in [1.29, 1.82) is 0 Å². The summed E-state index contributed by atoms with van der Waals surface area (Å²) in [5.74, 6) is 0. The van der Waals surface area contributed by atoms with Gasteiger partial charge in [0.15, 0.2) is 5.13 Å². The first-order valence-corrected chi connectivity index (χ1v) is 10.5. The van der Waals surface area contributed by atoms with Crippen molar-refractivity contribution in [2.45, 2.75) is 55.4 Å². The predicted octanol–water partition coefficient (Wildman–Crippen LogP) is 7.88. The molecule has 1 aromatic carbocycles. The van der Waals surface area contributed by atoms with Crippen LogP contribution in [0.5, 0.6) is 0 Å². The van der Waals surface area contributed by atoms with Crippen LogP contribution >= 0.6 is 11.3 Å². The number of fused-ring (bicyclic) bond motifs is 1. The number of rotatable bonds is 6. The van der Waals surface area contributed by atoms with Gasteiger partial charge in [0.05, 0.1) is 10.2 Å². The quantitative estimate of drug-likeness (QED) is 0.495. The number of para-hydroxylation sites is 1. The lowest BCUT2D eigenvalue weighted by Gasteiger charge is -2.14. The molecule has 0 bridgehead atoms. The van der Waals surface area contributed by atoms with Gasteiger partial charge in [-0.2, -0.15) is 0 Å². The third-order valence-corrected chi connectivity index (χ3v) is 3.95. The number of thiazole rings is 1. The van der Waals surface area contributed by atoms with Crippen LogP contribution in [0.25, 0.3) is 10.2 Å². The van der Waals surface area contributed by atoms with E-state index in [1.165, 1.54) is 0 Å². The Labute approximate surface area is 170 Å². The van der Waals surface area contributed by atoms with Crippen molar-refractivity contribution < 1.29 is 0 Å². The maximum atomic E-state index is 4.56. The van der Waals surface area contributed by atoms with E-state index in [0.717, 1.165) is 32.3 Å². The summed E-state index contributed by atoms with van der Waals surface area (Å²) < 4.78 is 1.16. The number of allylic oxidation sites excluding steroid dienone is 2. The summed E-state index contributed by atoms with van der Waals surface area (Å²) in [6.07, 6.45) is 5.65. The molecule has 0 aliphatic heterocycles. The van der Waals surface area contributed by atoms with E-state index >= 15 is 0 Å². The molecule has 1 aromatic heterocycles. The fourth-order valence-electron chi connectivity index (χ4n) is 2.04. The zero-order valence-corrected chi connectivity index (χ0v) is 19.1. The molecular weight excluding hydrogens is 350 g/mol. The largest absolute Gasteiger partial charge is 0.362 e. The first kappa shape index (κ1) is 26.9. The van der Waals surface area contributed by atoms with Gasteiger partial charge in [-0.3, -0.25) is 0 Å². The fraction of sp³-hybridized carbons (Fsp3) is 0.348. The van der Waals surface area contributed by atoms with Crippen molar-refractivity contribution in [3.05, 3.63) is 72.7 Å². The molecule has 2 aromatic rings. The Balaban J connectivity index is 0. The second kappa shape index (κ2) is 17.1. The predicted molar refractivity (Wildman–Crippen MR) is 127 cm³/mol. The highest BCUT2D eigenvalue weighted by Crippen LogP contribution is 2.28. The van der Waals surface area contributed by atoms with Crippen LogP contribution < -0.4 is 10.6 Å². The number of nitrogens with one attached hydrogen (secondary N) is 2. The molecule has 0 fully saturated rings. The highest BCUT2D eigenvalue weighted by molar-refractivity contribution is 7.22. The van der Waals surface area contributed by atoms with E-state index in [1.807, 2.05) is 85.7 Å². The van der Waals surface area contributed by atoms with Crippen molar-refractivity contribution in [3.8, 4) is 0 Å². The van der Waals surface area contributed by atoms with Gasteiger partial charge in [0, 0.05) is 17.0 Å². The molecule has 3 nitrogen and oxygen atoms in total. The zero-order valence-electron chi connectivity index (χ0n) is 18.3. The average molecular weight is 388 g/mol. The highest BCUT2D eigenvalue weighted by atomic mass is 32.1. The standard InChI is InChI=1S/C17H19N3S.3C2H6/c1-5-13(14(6-2)18-7-3)12(4)19-17-20-15-10-8-9-11-16(15)21-17;3*1-2/h5-11,18H,3-4H2,1-2H3,(H,19,20);3*1-2H3/b13-5-,14-6+;;;. The Hall–Kier alpha value is -2.33. The molecule has 150 valence electrons. The molecule has 0 atom stereocenters. The number of aromatic nitrogens is 1. The van der Waals surface area contributed by atoms with Gasteiger partial charge in [-0.15, -0.1) is 0 Å². The minimum atomic E-state index is 0.805. The van der Waals surface area contributed by atoms with Crippen LogP contribution in [0, 0.1) is 0 Å². The lowest BCUT2D eigenvalue weighted by molar-refractivity contribution is 1.07. The molecule has 2 rings (SSSR count). The van der Waals surface area contributed by atoms with Crippen LogP contribution in [0.4, 0.5) is 5.13 Å². The first-order valence-electron chi connectivity index (χ1n) is 9.72. The van der Waals surface area contributed by atoms with Gasteiger partial charge in [-0.05, 0) is 32.2 Å². The maximum Gasteiger partial charge on any atom is 0.188 e. The third-order valence-electron chi connectivity index (χ3n) is 3.00. The zero-order chi connectivity index (χ0) is 21.2. The van der Waals surface area contributed by atoms with Gasteiger partial charge in [0.2, 0.25) is 0 Å². The second-order valence-electron chi connectivity index (χ2n) is 4.34. The van der Waals surface area contributed by atoms with Crippen molar-refractivity contribution in [2.24, 2.45) is 0 Å². The Morgan fingerprint density at radius 3 is 2.07 bits per heavy atom. The summed E-state index contributed by atoms with van der Waals surface area (Å²) in [5, 5.41) is 7.24. The third kappa shape index (κ3) is 8.74. The SMILES string of the molecule is C=CNC(=C/C)/C(=C\C)C(=C)Nc1nc2ccccc2s1.CC.CC.CC. The Morgan fingerprint density at radius 2 is 1.59 bits per heavy atom. The van der Waals surface area contributed by atoms with Crippen molar-refractivity contribution in [3.63, 3.8) is 0 Å². The number of anilines is 1. The maximum absolute atomic E-state index is 4.56. The summed E-state index contributed by atoms with van der Waals surface area (Å²) in [6, 6.07) is 8.08. The van der Waals surface area contributed by atoms with Gasteiger partial charge < -0.3 is 10.6 Å². The number of benzene rings is 1. The molecular formula is C23H37N3S. The molecule has 0 saturated carbocycles. The fourth-order valence-corrected chi connectivity index (χ4v) is 2.93. The van der Waals surface area contributed by atoms with Crippen molar-refractivity contribution in [2.75, 3.05) is 5.32 Å². The van der Waals surface area contributed by atoms with E-state index in [9.17, 15) is 0 Å². The number of hydrogen-bond acceptors (Lipinski definition) is 4. The molecule has 0 amide bonds. The summed E-state index contributed by atoms with van der Waals surface area (Å²) in [6.45, 7) is 23.8. The van der Waals surface area contributed by atoms with Gasteiger partial charge >= 0.3 is 0 Å². The number of nitrogens with zero attached hydrogens (tertiary/aromatic N) is 1. The van der Waals surface area contributed by atoms with Gasteiger partial charge in [-0.1, -0.05) is 90.3 Å². The van der Waals surface area contributed by atoms with E-state index in [4.69, 9.17) is 0 Å². The minimum Gasteiger partial charge on any atom is -0.362 e. The molecule has 0 saturated heterocycles. The van der Waals surface area contributed by atoms with E-state index in [-0.39, 0.29) is 0 Å². The molecule has 2 N–H and O–H groups in total. The molecule has 27 heavy (non-hydrogen) atoms. The second-order valence-corrected chi connectivity index (χ2v) is 5.37. The molecule has 0 radical (unpaired) electrons. The van der Waals surface area contributed by atoms with Crippen LogP contribution in [-0.2, 0) is 0 Å². The van der Waals surface area contributed by atoms with Crippen LogP contribution in [0.15, 0.2) is 72.7 Å². The van der Waals surface area contributed by atoms with Crippen LogP contribution in [0.2, 0.25) is 0 Å². The number of hydrogen-bond donors (Lipinski definition) is 2. The van der Waals surface area contributed by atoms with Crippen LogP contribution in [0.1, 0.15) is 55.4 Å². The van der Waals surface area contributed by atoms with Gasteiger partial charge in [-0.25, -0.2) is 4.98 Å². The van der Waals surface area contributed by atoms with Gasteiger partial charge in [0.25, 0.3) is 0 Å². The summed E-state index contributed by atoms with van der Waals surface area (Å²) in [4.78, 5) is 4.56. The average Bonchev–Trinajstić information content (AvgIpc) is 3.14. The molecule has 0 spiro atoms. The normalized spacial score (nSPS) is 10.2. The minimum absolute atomic E-state index is 0.805. The Morgan fingerprint density at radius 1 is 1.00 bits per heavy atom. The summed E-state index contributed by atoms with van der Waals surface area (Å²) in [7, 11) is 0. The van der Waals surface area contributed by atoms with E-state index in [2.05, 4.69) is 34.8 Å². The topological polar surface area (TPSA) is 37.0 Å². The summed E-state index contributed by atoms with van der Waals surface area (Å²) >= 11 is 1.62. The molecule has 0 aliphatic carbocycles. The molecule has 0 unspecified atom stereocenters.